The molecule has 33 heavy (non-hydrogen) atoms. The summed E-state index contributed by atoms with van der Waals surface area (Å²) >= 11 is 36.9. The van der Waals surface area contributed by atoms with Crippen LogP contribution in [0.4, 0.5) is 0 Å². The molecular weight excluding hydrogens is 604 g/mol. The van der Waals surface area contributed by atoms with E-state index < -0.39 is 5.75 Å². The van der Waals surface area contributed by atoms with Gasteiger partial charge in [-0.3, -0.25) is 0 Å². The van der Waals surface area contributed by atoms with E-state index in [-0.39, 0.29) is 97.5 Å². The Morgan fingerprint density at radius 3 is 1.70 bits per heavy atom. The summed E-state index contributed by atoms with van der Waals surface area (Å²) in [5.41, 5.74) is 0.605. The first-order valence-corrected chi connectivity index (χ1v) is 10.8. The van der Waals surface area contributed by atoms with E-state index in [1.807, 2.05) is 0 Å². The van der Waals surface area contributed by atoms with Gasteiger partial charge in [0.25, 0.3) is 0 Å². The van der Waals surface area contributed by atoms with Gasteiger partial charge in [0.15, 0.2) is 11.2 Å². The van der Waals surface area contributed by atoms with Gasteiger partial charge in [-0.2, -0.15) is 0 Å². The first kappa shape index (κ1) is 24.6. The molecule has 0 radical (unpaired) electrons. The molecule has 13 heteroatoms. The predicted octanol–water partition coefficient (Wildman–Crippen LogP) is 8.00. The first-order valence-electron chi connectivity index (χ1n) is 8.58. The summed E-state index contributed by atoms with van der Waals surface area (Å²) in [4.78, 5) is 8.60. The van der Waals surface area contributed by atoms with Crippen molar-refractivity contribution in [3.05, 3.63) is 54.4 Å². The molecule has 1 N–H and O–H groups in total. The number of aromatic nitrogens is 2. The summed E-state index contributed by atoms with van der Waals surface area (Å²) < 4.78 is 11.5. The van der Waals surface area contributed by atoms with E-state index in [9.17, 15) is 10.2 Å². The molecule has 172 valence electrons. The van der Waals surface area contributed by atoms with Crippen LogP contribution in [0.5, 0.6) is 11.5 Å². The number of oxazole rings is 2. The third-order valence-corrected chi connectivity index (χ3v) is 6.27. The van der Waals surface area contributed by atoms with E-state index in [0.717, 1.165) is 0 Å². The zero-order valence-corrected chi connectivity index (χ0v) is 21.0. The summed E-state index contributed by atoms with van der Waals surface area (Å²) in [5.74, 6) is -0.903. The Bertz CT molecular complexity index is 1410. The molecule has 0 atom stereocenters. The maximum absolute atomic E-state index is 12.4. The van der Waals surface area contributed by atoms with Crippen molar-refractivity contribution in [2.75, 3.05) is 0 Å². The van der Waals surface area contributed by atoms with Crippen LogP contribution in [0.2, 0.25) is 30.1 Å². The number of halogens is 6. The standard InChI is InChI=1S/C20H6Cl6N2O4.Ni/c21-5-1-7(15(29)9(23)3-5)19-27-13-11(25)18-14(12(26)17(13)31-19)28-20(32-18)8-2-6(22)4-10(24)16(8)30;/h1-4,29-30H;/p-1. The first-order chi connectivity index (χ1) is 15.2. The minimum absolute atomic E-state index is 0. The average Bonchev–Trinajstić information content (AvgIpc) is 3.37. The smallest absolute Gasteiger partial charge is 0.231 e. The number of hydrogen-bond donors (Lipinski definition) is 1. The Morgan fingerprint density at radius 1 is 0.697 bits per heavy atom. The van der Waals surface area contributed by atoms with Crippen LogP contribution in [0.15, 0.2) is 33.1 Å². The molecule has 3 aromatic carbocycles. The average molecular weight is 609 g/mol. The summed E-state index contributed by atoms with van der Waals surface area (Å²) in [6, 6.07) is 5.48. The molecule has 0 saturated carbocycles. The molecule has 0 spiro atoms. The summed E-state index contributed by atoms with van der Waals surface area (Å²) in [6.07, 6.45) is 0. The van der Waals surface area contributed by atoms with Gasteiger partial charge in [-0.1, -0.05) is 75.4 Å². The number of phenols is 1. The van der Waals surface area contributed by atoms with Gasteiger partial charge < -0.3 is 19.0 Å². The fourth-order valence-electron chi connectivity index (χ4n) is 3.13. The van der Waals surface area contributed by atoms with Crippen LogP contribution in [0.1, 0.15) is 0 Å². The number of nitrogens with zero attached hydrogens (tertiary/aromatic N) is 2. The van der Waals surface area contributed by atoms with Gasteiger partial charge in [0.2, 0.25) is 11.8 Å². The van der Waals surface area contributed by atoms with Crippen molar-refractivity contribution in [3.63, 3.8) is 0 Å². The van der Waals surface area contributed by atoms with E-state index in [4.69, 9.17) is 78.4 Å². The molecule has 2 aromatic heterocycles. The normalized spacial score (nSPS) is 11.3. The molecule has 0 aliphatic heterocycles. The summed E-state index contributed by atoms with van der Waals surface area (Å²) in [5, 5.41) is 23.2. The second-order valence-corrected chi connectivity index (χ2v) is 9.01. The topological polar surface area (TPSA) is 95.4 Å². The SMILES string of the molecule is [Ni].[O-]c1c(Cl)cc(Cl)cc1-c1nc2c(Cl)c3oc(-c4cc(Cl)cc(Cl)c4O)nc3c(Cl)c2o1. The number of fused-ring (bicyclic) bond motifs is 2. The van der Waals surface area contributed by atoms with E-state index in [0.29, 0.717) is 0 Å². The molecule has 5 rings (SSSR count). The third kappa shape index (κ3) is 4.00. The number of rotatable bonds is 2. The van der Waals surface area contributed by atoms with Gasteiger partial charge in [0.1, 0.15) is 26.8 Å². The van der Waals surface area contributed by atoms with Gasteiger partial charge in [-0.05, 0) is 24.3 Å². The number of benzene rings is 3. The number of phenolic OH excluding ortho intramolecular Hbond substituents is 1. The van der Waals surface area contributed by atoms with Gasteiger partial charge in [0.05, 0.1) is 10.6 Å². The van der Waals surface area contributed by atoms with E-state index in [2.05, 4.69) is 9.97 Å². The maximum atomic E-state index is 12.4. The second kappa shape index (κ2) is 8.90. The molecule has 0 amide bonds. The fourth-order valence-corrected chi connectivity index (χ4v) is 4.63. The Hall–Kier alpha value is -1.57. The van der Waals surface area contributed by atoms with Crippen molar-refractivity contribution in [1.82, 2.24) is 9.97 Å². The van der Waals surface area contributed by atoms with Crippen LogP contribution >= 0.6 is 69.6 Å². The van der Waals surface area contributed by atoms with Crippen LogP contribution in [0, 0.1) is 0 Å². The molecule has 0 saturated heterocycles. The van der Waals surface area contributed by atoms with E-state index in [1.54, 1.807) is 0 Å². The van der Waals surface area contributed by atoms with Crippen molar-refractivity contribution in [1.29, 1.82) is 0 Å². The molecular formula is C20H5Cl6N2NiO4-. The van der Waals surface area contributed by atoms with Crippen LogP contribution in [-0.4, -0.2) is 15.1 Å². The Kier molecular flexibility index (Phi) is 6.62. The van der Waals surface area contributed by atoms with Gasteiger partial charge in [0, 0.05) is 37.1 Å². The minimum Gasteiger partial charge on any atom is -0.871 e. The van der Waals surface area contributed by atoms with Crippen molar-refractivity contribution in [2.24, 2.45) is 0 Å². The molecule has 0 aliphatic carbocycles. The molecule has 0 aliphatic rings. The largest absolute Gasteiger partial charge is 0.871 e. The second-order valence-electron chi connectivity index (χ2n) is 6.57. The van der Waals surface area contributed by atoms with Crippen LogP contribution in [0.25, 0.3) is 45.1 Å². The fraction of sp³-hybridized carbons (Fsp3) is 0. The Balaban J connectivity index is 0.00000259. The van der Waals surface area contributed by atoms with E-state index >= 15 is 0 Å². The van der Waals surface area contributed by atoms with Crippen LogP contribution < -0.4 is 5.11 Å². The number of hydrogen-bond acceptors (Lipinski definition) is 6. The van der Waals surface area contributed by atoms with Crippen molar-refractivity contribution >= 4 is 91.8 Å². The van der Waals surface area contributed by atoms with Crippen molar-refractivity contribution in [2.45, 2.75) is 0 Å². The summed E-state index contributed by atoms with van der Waals surface area (Å²) in [6.45, 7) is 0. The van der Waals surface area contributed by atoms with Crippen molar-refractivity contribution < 1.29 is 35.5 Å². The molecule has 5 aromatic rings. The minimum atomic E-state index is -0.521. The molecule has 0 unspecified atom stereocenters. The Morgan fingerprint density at radius 2 is 1.15 bits per heavy atom. The molecule has 0 fully saturated rings. The monoisotopic (exact) mass is 605 g/mol. The quantitative estimate of drug-likeness (QED) is 0.204. The zero-order chi connectivity index (χ0) is 22.9. The van der Waals surface area contributed by atoms with Crippen LogP contribution in [0.3, 0.4) is 0 Å². The van der Waals surface area contributed by atoms with Crippen molar-refractivity contribution in [3.8, 4) is 34.4 Å². The predicted molar refractivity (Wildman–Crippen MR) is 124 cm³/mol. The van der Waals surface area contributed by atoms with Crippen LogP contribution in [-0.2, 0) is 16.5 Å². The van der Waals surface area contributed by atoms with E-state index in [1.165, 1.54) is 24.3 Å². The maximum Gasteiger partial charge on any atom is 0.231 e. The molecule has 0 bridgehead atoms. The Labute approximate surface area is 224 Å². The molecule has 2 heterocycles. The molecule has 6 nitrogen and oxygen atoms in total. The zero-order valence-electron chi connectivity index (χ0n) is 15.5. The van der Waals surface area contributed by atoms with Gasteiger partial charge in [-0.15, -0.1) is 0 Å². The third-order valence-electron chi connectivity index (χ3n) is 4.57. The van der Waals surface area contributed by atoms with Gasteiger partial charge in [-0.25, -0.2) is 9.97 Å². The van der Waals surface area contributed by atoms with Gasteiger partial charge >= 0.3 is 0 Å². The summed E-state index contributed by atoms with van der Waals surface area (Å²) in [7, 11) is 0. The number of aromatic hydroxyl groups is 1.